The molecule has 1 aliphatic rings. The van der Waals surface area contributed by atoms with E-state index in [-0.39, 0.29) is 5.69 Å². The molecule has 0 atom stereocenters. The van der Waals surface area contributed by atoms with Gasteiger partial charge in [-0.2, -0.15) is 0 Å². The first-order valence-corrected chi connectivity index (χ1v) is 8.26. The van der Waals surface area contributed by atoms with Crippen molar-refractivity contribution in [3.8, 4) is 0 Å². The van der Waals surface area contributed by atoms with Crippen LogP contribution in [0.3, 0.4) is 0 Å². The van der Waals surface area contributed by atoms with Gasteiger partial charge in [0.2, 0.25) is 0 Å². The number of halogens is 2. The van der Waals surface area contributed by atoms with Crippen molar-refractivity contribution in [3.05, 3.63) is 53.9 Å². The number of aromatic nitrogens is 3. The van der Waals surface area contributed by atoms with Crippen molar-refractivity contribution in [1.29, 1.82) is 0 Å². The van der Waals surface area contributed by atoms with Crippen molar-refractivity contribution in [1.82, 2.24) is 19.3 Å². The molecule has 1 aliphatic heterocycles. The van der Waals surface area contributed by atoms with Crippen LogP contribution in [0, 0.1) is 0 Å². The van der Waals surface area contributed by atoms with E-state index in [2.05, 4.69) is 44.6 Å². The van der Waals surface area contributed by atoms with Crippen LogP contribution in [0.25, 0.3) is 5.65 Å². The van der Waals surface area contributed by atoms with E-state index in [1.165, 1.54) is 18.0 Å². The van der Waals surface area contributed by atoms with E-state index in [1.54, 1.807) is 22.9 Å². The van der Waals surface area contributed by atoms with Crippen LogP contribution in [-0.2, 0) is 6.54 Å². The molecule has 26 heavy (non-hydrogen) atoms. The van der Waals surface area contributed by atoms with E-state index in [1.807, 2.05) is 0 Å². The second-order valence-electron chi connectivity index (χ2n) is 6.01. The molecule has 0 amide bonds. The number of amidine groups is 1. The zero-order valence-electron chi connectivity index (χ0n) is 14.5. The van der Waals surface area contributed by atoms with Gasteiger partial charge >= 0.3 is 0 Å². The summed E-state index contributed by atoms with van der Waals surface area (Å²) in [7, 11) is 0. The number of imidazole rings is 1. The second-order valence-corrected chi connectivity index (χ2v) is 6.01. The molecule has 0 fully saturated rings. The van der Waals surface area contributed by atoms with Crippen LogP contribution in [0.15, 0.2) is 52.5 Å². The third-order valence-electron chi connectivity index (χ3n) is 4.21. The highest BCUT2D eigenvalue weighted by Gasteiger charge is 2.14. The van der Waals surface area contributed by atoms with Crippen molar-refractivity contribution < 1.29 is 8.78 Å². The molecule has 0 aromatic carbocycles. The Morgan fingerprint density at radius 1 is 1.38 bits per heavy atom. The molecule has 0 aliphatic carbocycles. The molecule has 0 spiro atoms. The first kappa shape index (κ1) is 17.9. The van der Waals surface area contributed by atoms with E-state index in [0.717, 1.165) is 25.3 Å². The monoisotopic (exact) mass is 358 g/mol. The Balaban J connectivity index is 1.87. The van der Waals surface area contributed by atoms with E-state index < -0.39 is 6.43 Å². The third kappa shape index (κ3) is 4.01. The maximum atomic E-state index is 12.9. The lowest BCUT2D eigenvalue weighted by Crippen LogP contribution is -2.33. The van der Waals surface area contributed by atoms with Crippen LogP contribution in [0.4, 0.5) is 8.78 Å². The quantitative estimate of drug-likeness (QED) is 0.467. The van der Waals surface area contributed by atoms with Gasteiger partial charge in [-0.15, -0.1) is 0 Å². The summed E-state index contributed by atoms with van der Waals surface area (Å²) in [6.45, 7) is 7.52. The minimum atomic E-state index is -2.63. The molecular weight excluding hydrogens is 338 g/mol. The lowest BCUT2D eigenvalue weighted by molar-refractivity contribution is 0.145. The molecule has 0 saturated carbocycles. The van der Waals surface area contributed by atoms with Crippen LogP contribution in [0.2, 0.25) is 0 Å². The van der Waals surface area contributed by atoms with Gasteiger partial charge < -0.3 is 4.90 Å². The zero-order valence-corrected chi connectivity index (χ0v) is 14.5. The first-order chi connectivity index (χ1) is 12.6. The fourth-order valence-corrected chi connectivity index (χ4v) is 2.70. The smallest absolute Gasteiger partial charge is 0.281 e. The fourth-order valence-electron chi connectivity index (χ4n) is 2.70. The lowest BCUT2D eigenvalue weighted by Gasteiger charge is -2.27. The van der Waals surface area contributed by atoms with Crippen molar-refractivity contribution >= 4 is 18.2 Å². The third-order valence-corrected chi connectivity index (χ3v) is 4.21. The molecule has 0 saturated heterocycles. The Kier molecular flexibility index (Phi) is 5.50. The minimum Gasteiger partial charge on any atom is -0.353 e. The van der Waals surface area contributed by atoms with Crippen molar-refractivity contribution in [2.75, 3.05) is 13.1 Å². The van der Waals surface area contributed by atoms with Gasteiger partial charge in [0.05, 0.1) is 24.6 Å². The number of rotatable bonds is 5. The van der Waals surface area contributed by atoms with Gasteiger partial charge in [-0.25, -0.2) is 18.7 Å². The standard InChI is InChI=1S/C18H20F2N6/c1-13-4-7-25(8-5-13)16(3-6-21-2)23-9-14-10-24-17-11-22-15(18(19)20)12-26(14)17/h3-4,6,10-12,18H,2,5,7-9H2,1H3/b6-3-,23-16?. The van der Waals surface area contributed by atoms with E-state index >= 15 is 0 Å². The Morgan fingerprint density at radius 3 is 2.92 bits per heavy atom. The van der Waals surface area contributed by atoms with Gasteiger partial charge in [0.15, 0.2) is 5.65 Å². The van der Waals surface area contributed by atoms with Gasteiger partial charge in [-0.1, -0.05) is 11.6 Å². The predicted octanol–water partition coefficient (Wildman–Crippen LogP) is 3.43. The van der Waals surface area contributed by atoms with Crippen molar-refractivity contribution in [2.45, 2.75) is 26.3 Å². The van der Waals surface area contributed by atoms with Gasteiger partial charge in [0, 0.05) is 25.5 Å². The van der Waals surface area contributed by atoms with Gasteiger partial charge in [0.25, 0.3) is 6.43 Å². The molecule has 8 heteroatoms. The summed E-state index contributed by atoms with van der Waals surface area (Å²) in [6.07, 6.45) is 8.20. The van der Waals surface area contributed by atoms with Gasteiger partial charge in [-0.3, -0.25) is 14.4 Å². The van der Waals surface area contributed by atoms with Crippen molar-refractivity contribution in [2.24, 2.45) is 9.98 Å². The van der Waals surface area contributed by atoms with E-state index in [4.69, 9.17) is 0 Å². The molecular formula is C18H20F2N6. The number of hydrogen-bond acceptors (Lipinski definition) is 4. The largest absolute Gasteiger partial charge is 0.353 e. The SMILES string of the molecule is C=N/C=C\C(=NCc1cnc2cnc(C(F)F)cn12)N1CC=C(C)CC1. The number of hydrogen-bond donors (Lipinski definition) is 0. The van der Waals surface area contributed by atoms with Crippen LogP contribution >= 0.6 is 0 Å². The lowest BCUT2D eigenvalue weighted by atomic mass is 10.1. The molecule has 136 valence electrons. The van der Waals surface area contributed by atoms with Gasteiger partial charge in [0.1, 0.15) is 11.5 Å². The second kappa shape index (κ2) is 7.99. The van der Waals surface area contributed by atoms with Gasteiger partial charge in [-0.05, 0) is 26.1 Å². The van der Waals surface area contributed by atoms with Crippen LogP contribution in [0.1, 0.15) is 31.2 Å². The highest BCUT2D eigenvalue weighted by molar-refractivity contribution is 5.93. The normalized spacial score (nSPS) is 15.9. The molecule has 0 unspecified atom stereocenters. The summed E-state index contributed by atoms with van der Waals surface area (Å²) in [5.74, 6) is 0.777. The average molecular weight is 358 g/mol. The Morgan fingerprint density at radius 2 is 2.23 bits per heavy atom. The van der Waals surface area contributed by atoms with E-state index in [0.29, 0.717) is 17.9 Å². The number of alkyl halides is 2. The Hall–Kier alpha value is -2.90. The molecule has 0 radical (unpaired) electrons. The van der Waals surface area contributed by atoms with Crippen LogP contribution < -0.4 is 0 Å². The molecule has 6 nitrogen and oxygen atoms in total. The molecule has 2 aromatic rings. The topological polar surface area (TPSA) is 58.1 Å². The van der Waals surface area contributed by atoms with Crippen molar-refractivity contribution in [3.63, 3.8) is 0 Å². The highest BCUT2D eigenvalue weighted by Crippen LogP contribution is 2.18. The molecule has 3 heterocycles. The Bertz CT molecular complexity index is 881. The zero-order chi connectivity index (χ0) is 18.5. The number of nitrogens with zero attached hydrogens (tertiary/aromatic N) is 6. The van der Waals surface area contributed by atoms with Crippen LogP contribution in [-0.4, -0.2) is 44.9 Å². The number of aliphatic imine (C=N–C) groups is 2. The highest BCUT2D eigenvalue weighted by atomic mass is 19.3. The molecule has 0 bridgehead atoms. The molecule has 2 aromatic heterocycles. The summed E-state index contributed by atoms with van der Waals surface area (Å²) in [5, 5.41) is 0. The summed E-state index contributed by atoms with van der Waals surface area (Å²) in [6, 6.07) is 0. The number of fused-ring (bicyclic) bond motifs is 1. The summed E-state index contributed by atoms with van der Waals surface area (Å²) >= 11 is 0. The Labute approximate surface area is 150 Å². The predicted molar refractivity (Wildman–Crippen MR) is 97.7 cm³/mol. The summed E-state index contributed by atoms with van der Waals surface area (Å²) < 4.78 is 27.4. The fraction of sp³-hybridized carbons (Fsp3) is 0.333. The van der Waals surface area contributed by atoms with Crippen LogP contribution in [0.5, 0.6) is 0 Å². The first-order valence-electron chi connectivity index (χ1n) is 8.26. The molecule has 3 rings (SSSR count). The average Bonchev–Trinajstić information content (AvgIpc) is 3.05. The van der Waals surface area contributed by atoms with E-state index in [9.17, 15) is 8.78 Å². The minimum absolute atomic E-state index is 0.284. The maximum absolute atomic E-state index is 12.9. The summed E-state index contributed by atoms with van der Waals surface area (Å²) in [5.41, 5.74) is 2.31. The molecule has 0 N–H and O–H groups in total. The summed E-state index contributed by atoms with van der Waals surface area (Å²) in [4.78, 5) is 18.5. The maximum Gasteiger partial charge on any atom is 0.281 e.